The lowest BCUT2D eigenvalue weighted by Crippen LogP contribution is -2.42. The smallest absolute Gasteiger partial charge is 0.326 e. The highest BCUT2D eigenvalue weighted by Crippen LogP contribution is 2.19. The Balaban J connectivity index is 1.57. The fourth-order valence-electron chi connectivity index (χ4n) is 3.99. The fraction of sp³-hybridized carbons (Fsp3) is 0.556. The zero-order chi connectivity index (χ0) is 23.0. The fourth-order valence-corrected chi connectivity index (χ4v) is 3.99. The predicted molar refractivity (Wildman–Crippen MR) is 132 cm³/mol. The van der Waals surface area contributed by atoms with Crippen LogP contribution in [0.4, 0.5) is 0 Å². The van der Waals surface area contributed by atoms with Crippen LogP contribution in [0, 0.1) is 0 Å². The van der Waals surface area contributed by atoms with Crippen LogP contribution in [-0.2, 0) is 16.0 Å². The summed E-state index contributed by atoms with van der Waals surface area (Å²) in [5.41, 5.74) is 1.88. The quantitative estimate of drug-likeness (QED) is 0.193. The molecular formula is C27H40N2O3. The second kappa shape index (κ2) is 15.3. The Bertz CT molecular complexity index is 840. The first-order valence-electron chi connectivity index (χ1n) is 12.3. The molecule has 0 fully saturated rings. The van der Waals surface area contributed by atoms with Crippen LogP contribution in [0.3, 0.4) is 0 Å². The number of para-hydroxylation sites is 1. The number of rotatable bonds is 17. The predicted octanol–water partition coefficient (Wildman–Crippen LogP) is 6.54. The van der Waals surface area contributed by atoms with Crippen molar-refractivity contribution in [2.75, 3.05) is 0 Å². The molecule has 0 aliphatic carbocycles. The highest BCUT2D eigenvalue weighted by Gasteiger charge is 2.21. The molecule has 1 atom stereocenters. The summed E-state index contributed by atoms with van der Waals surface area (Å²) in [7, 11) is 0. The van der Waals surface area contributed by atoms with Crippen molar-refractivity contribution in [3.63, 3.8) is 0 Å². The Morgan fingerprint density at radius 3 is 2.34 bits per heavy atom. The summed E-state index contributed by atoms with van der Waals surface area (Å²) in [6, 6.07) is 6.88. The van der Waals surface area contributed by atoms with Gasteiger partial charge in [0.1, 0.15) is 6.04 Å². The molecule has 1 amide bonds. The van der Waals surface area contributed by atoms with Gasteiger partial charge in [-0.1, -0.05) is 75.8 Å². The van der Waals surface area contributed by atoms with Gasteiger partial charge in [0.25, 0.3) is 0 Å². The molecule has 0 saturated heterocycles. The molecule has 176 valence electrons. The third-order valence-electron chi connectivity index (χ3n) is 5.90. The SMILES string of the molecule is CCCCCC/C=C\CCCCCCCC(=O)N[C@@H](Cc1c[nH]c2ccccc12)C(=O)O. The number of benzene rings is 1. The molecule has 0 aliphatic heterocycles. The van der Waals surface area contributed by atoms with Crippen molar-refractivity contribution in [1.29, 1.82) is 0 Å². The molecule has 0 saturated carbocycles. The number of carbonyl (C=O) groups is 2. The molecule has 5 nitrogen and oxygen atoms in total. The van der Waals surface area contributed by atoms with Crippen LogP contribution in [0.5, 0.6) is 0 Å². The monoisotopic (exact) mass is 440 g/mol. The molecule has 5 heteroatoms. The van der Waals surface area contributed by atoms with Crippen molar-refractivity contribution in [2.45, 2.75) is 96.4 Å². The largest absolute Gasteiger partial charge is 0.480 e. The van der Waals surface area contributed by atoms with E-state index in [2.05, 4.69) is 29.4 Å². The van der Waals surface area contributed by atoms with Crippen molar-refractivity contribution in [2.24, 2.45) is 0 Å². The lowest BCUT2D eigenvalue weighted by molar-refractivity contribution is -0.141. The van der Waals surface area contributed by atoms with E-state index in [-0.39, 0.29) is 12.3 Å². The molecule has 0 unspecified atom stereocenters. The number of aliphatic carboxylic acids is 1. The summed E-state index contributed by atoms with van der Waals surface area (Å²) in [5.74, 6) is -1.18. The van der Waals surface area contributed by atoms with Crippen LogP contribution in [0.2, 0.25) is 0 Å². The number of hydrogen-bond donors (Lipinski definition) is 3. The Labute approximate surface area is 192 Å². The molecule has 2 rings (SSSR count). The van der Waals surface area contributed by atoms with Gasteiger partial charge in [-0.2, -0.15) is 0 Å². The van der Waals surface area contributed by atoms with Gasteiger partial charge in [0.15, 0.2) is 0 Å². The average molecular weight is 441 g/mol. The number of carbonyl (C=O) groups excluding carboxylic acids is 1. The Morgan fingerprint density at radius 2 is 1.62 bits per heavy atom. The van der Waals surface area contributed by atoms with E-state index < -0.39 is 12.0 Å². The van der Waals surface area contributed by atoms with E-state index in [9.17, 15) is 14.7 Å². The minimum Gasteiger partial charge on any atom is -0.480 e. The summed E-state index contributed by atoms with van der Waals surface area (Å²) >= 11 is 0. The molecular weight excluding hydrogens is 400 g/mol. The van der Waals surface area contributed by atoms with Crippen molar-refractivity contribution < 1.29 is 14.7 Å². The van der Waals surface area contributed by atoms with Crippen LogP contribution in [0.25, 0.3) is 10.9 Å². The number of nitrogens with one attached hydrogen (secondary N) is 2. The molecule has 0 aliphatic rings. The molecule has 2 aromatic rings. The van der Waals surface area contributed by atoms with Crippen molar-refractivity contribution in [3.05, 3.63) is 48.2 Å². The van der Waals surface area contributed by atoms with Crippen LogP contribution in [-0.4, -0.2) is 28.0 Å². The summed E-state index contributed by atoms with van der Waals surface area (Å²) in [6.45, 7) is 2.24. The number of carboxylic acids is 1. The molecule has 1 aromatic carbocycles. The molecule has 0 bridgehead atoms. The van der Waals surface area contributed by atoms with Gasteiger partial charge >= 0.3 is 5.97 Å². The Kier molecular flexibility index (Phi) is 12.3. The molecule has 1 heterocycles. The number of aromatic amines is 1. The summed E-state index contributed by atoms with van der Waals surface area (Å²) < 4.78 is 0. The first-order chi connectivity index (χ1) is 15.6. The van der Waals surface area contributed by atoms with Gasteiger partial charge < -0.3 is 15.4 Å². The van der Waals surface area contributed by atoms with Gasteiger partial charge in [-0.15, -0.1) is 0 Å². The second-order valence-electron chi connectivity index (χ2n) is 8.65. The van der Waals surface area contributed by atoms with Crippen LogP contribution >= 0.6 is 0 Å². The van der Waals surface area contributed by atoms with E-state index in [4.69, 9.17) is 0 Å². The molecule has 0 radical (unpaired) electrons. The van der Waals surface area contributed by atoms with Crippen LogP contribution in [0.1, 0.15) is 89.5 Å². The van der Waals surface area contributed by atoms with Gasteiger partial charge in [0.05, 0.1) is 0 Å². The average Bonchev–Trinajstić information content (AvgIpc) is 3.19. The highest BCUT2D eigenvalue weighted by molar-refractivity contribution is 5.86. The Hall–Kier alpha value is -2.56. The minimum atomic E-state index is -0.998. The van der Waals surface area contributed by atoms with E-state index in [1.54, 1.807) is 0 Å². The van der Waals surface area contributed by atoms with Crippen molar-refractivity contribution in [3.8, 4) is 0 Å². The van der Waals surface area contributed by atoms with Gasteiger partial charge in [0.2, 0.25) is 5.91 Å². The number of aromatic nitrogens is 1. The molecule has 3 N–H and O–H groups in total. The number of hydrogen-bond acceptors (Lipinski definition) is 2. The zero-order valence-electron chi connectivity index (χ0n) is 19.6. The zero-order valence-corrected chi connectivity index (χ0v) is 19.6. The maximum atomic E-state index is 12.3. The first-order valence-corrected chi connectivity index (χ1v) is 12.3. The minimum absolute atomic E-state index is 0.178. The third kappa shape index (κ3) is 9.71. The van der Waals surface area contributed by atoms with Crippen molar-refractivity contribution >= 4 is 22.8 Å². The normalized spacial score (nSPS) is 12.4. The number of allylic oxidation sites excluding steroid dienone is 2. The lowest BCUT2D eigenvalue weighted by atomic mass is 10.0. The maximum Gasteiger partial charge on any atom is 0.326 e. The van der Waals surface area contributed by atoms with Gasteiger partial charge in [-0.25, -0.2) is 4.79 Å². The van der Waals surface area contributed by atoms with E-state index in [1.807, 2.05) is 30.5 Å². The van der Waals surface area contributed by atoms with Crippen molar-refractivity contribution in [1.82, 2.24) is 10.3 Å². The maximum absolute atomic E-state index is 12.3. The number of unbranched alkanes of at least 4 members (excludes halogenated alkanes) is 9. The van der Waals surface area contributed by atoms with Gasteiger partial charge in [-0.05, 0) is 43.7 Å². The summed E-state index contributed by atoms with van der Waals surface area (Å²) in [4.78, 5) is 27.1. The molecule has 0 spiro atoms. The van der Waals surface area contributed by atoms with Crippen LogP contribution in [0.15, 0.2) is 42.6 Å². The number of amides is 1. The molecule has 32 heavy (non-hydrogen) atoms. The lowest BCUT2D eigenvalue weighted by Gasteiger charge is -2.14. The standard InChI is InChI=1S/C27H40N2O3/c1-2-3-4-5-6-7-8-9-10-11-12-13-14-19-26(30)29-25(27(31)32)20-22-21-28-24-18-16-15-17-23(22)24/h7-8,15-18,21,25,28H,2-6,9-14,19-20H2,1H3,(H,29,30)(H,31,32)/b8-7-/t25-/m0/s1. The van der Waals surface area contributed by atoms with E-state index in [0.717, 1.165) is 42.1 Å². The summed E-state index contributed by atoms with van der Waals surface area (Å²) in [6.07, 6.45) is 20.0. The van der Waals surface area contributed by atoms with Gasteiger partial charge in [-0.3, -0.25) is 4.79 Å². The summed E-state index contributed by atoms with van der Waals surface area (Å²) in [5, 5.41) is 13.2. The molecule has 1 aromatic heterocycles. The van der Waals surface area contributed by atoms with Crippen LogP contribution < -0.4 is 5.32 Å². The number of fused-ring (bicyclic) bond motifs is 1. The highest BCUT2D eigenvalue weighted by atomic mass is 16.4. The number of carboxylic acid groups (broad SMARTS) is 1. The third-order valence-corrected chi connectivity index (χ3v) is 5.90. The van der Waals surface area contributed by atoms with E-state index in [0.29, 0.717) is 6.42 Å². The van der Waals surface area contributed by atoms with Gasteiger partial charge in [0, 0.05) is 29.9 Å². The first kappa shape index (κ1) is 25.7. The second-order valence-corrected chi connectivity index (χ2v) is 8.65. The van der Waals surface area contributed by atoms with E-state index in [1.165, 1.54) is 44.9 Å². The Morgan fingerprint density at radius 1 is 0.969 bits per heavy atom. The topological polar surface area (TPSA) is 82.2 Å². The number of H-pyrrole nitrogens is 1. The van der Waals surface area contributed by atoms with E-state index >= 15 is 0 Å².